The molecule has 0 aliphatic carbocycles. The van der Waals surface area contributed by atoms with Gasteiger partial charge < -0.3 is 5.32 Å². The average Bonchev–Trinajstić information content (AvgIpc) is 2.77. The molecule has 6 heteroatoms. The van der Waals surface area contributed by atoms with E-state index >= 15 is 0 Å². The Bertz CT molecular complexity index is 696. The smallest absolute Gasteiger partial charge is 0.256 e. The zero-order chi connectivity index (χ0) is 15.4. The van der Waals surface area contributed by atoms with Crippen LogP contribution in [0, 0.1) is 5.82 Å². The predicted molar refractivity (Wildman–Crippen MR) is 82.9 cm³/mol. The number of carbonyl (C=O) groups is 1. The molecule has 108 valence electrons. The van der Waals surface area contributed by atoms with Gasteiger partial charge in [-0.15, -0.1) is 0 Å². The first-order chi connectivity index (χ1) is 10.0. The number of allylic oxidation sites excluding steroid dienone is 1. The van der Waals surface area contributed by atoms with Crippen LogP contribution in [0.15, 0.2) is 42.6 Å². The van der Waals surface area contributed by atoms with Gasteiger partial charge in [-0.1, -0.05) is 41.4 Å². The highest BCUT2D eigenvalue weighted by Gasteiger charge is 2.23. The lowest BCUT2D eigenvalue weighted by molar-refractivity contribution is -0.110. The van der Waals surface area contributed by atoms with E-state index in [1.54, 1.807) is 30.5 Å². The van der Waals surface area contributed by atoms with Gasteiger partial charge in [0.2, 0.25) is 0 Å². The van der Waals surface area contributed by atoms with E-state index in [9.17, 15) is 9.18 Å². The van der Waals surface area contributed by atoms with Crippen molar-refractivity contribution >= 4 is 40.4 Å². The SMILES string of the molecule is C/C=C1/C(=O)Nc2cc(Cl)ncc21.Fc1ccccc1Cl. The molecule has 0 unspecified atom stereocenters. The zero-order valence-corrected chi connectivity index (χ0v) is 12.5. The predicted octanol–water partition coefficient (Wildman–Crippen LogP) is 4.57. The highest BCUT2D eigenvalue weighted by atomic mass is 35.5. The zero-order valence-electron chi connectivity index (χ0n) is 11.0. The van der Waals surface area contributed by atoms with Crippen LogP contribution in [0.25, 0.3) is 5.57 Å². The topological polar surface area (TPSA) is 42.0 Å². The number of aromatic nitrogens is 1. The number of nitrogens with zero attached hydrogens (tertiary/aromatic N) is 1. The summed E-state index contributed by atoms with van der Waals surface area (Å²) in [4.78, 5) is 15.2. The monoisotopic (exact) mass is 324 g/mol. The molecule has 0 bridgehead atoms. The summed E-state index contributed by atoms with van der Waals surface area (Å²) in [5, 5.41) is 3.27. The Balaban J connectivity index is 0.000000173. The van der Waals surface area contributed by atoms with Crippen LogP contribution in [-0.2, 0) is 4.79 Å². The van der Waals surface area contributed by atoms with Crippen molar-refractivity contribution in [3.8, 4) is 0 Å². The van der Waals surface area contributed by atoms with Gasteiger partial charge in [-0.05, 0) is 25.1 Å². The van der Waals surface area contributed by atoms with Crippen LogP contribution in [0.2, 0.25) is 10.2 Å². The lowest BCUT2D eigenvalue weighted by Gasteiger charge is -1.96. The van der Waals surface area contributed by atoms with E-state index in [4.69, 9.17) is 23.2 Å². The van der Waals surface area contributed by atoms with Crippen LogP contribution in [0.3, 0.4) is 0 Å². The minimum absolute atomic E-state index is 0.0958. The standard InChI is InChI=1S/C9H7ClN2O.C6H4ClF/c1-2-5-6-4-11-8(10)3-7(6)12-9(5)13;7-5-3-1-2-4-6(5)8/h2-4H,1H3,(H,12,13);1-4H/b5-2+;. The van der Waals surface area contributed by atoms with Crippen molar-refractivity contribution in [1.82, 2.24) is 4.98 Å². The molecule has 3 rings (SSSR count). The highest BCUT2D eigenvalue weighted by Crippen LogP contribution is 2.31. The molecule has 0 saturated heterocycles. The van der Waals surface area contributed by atoms with Gasteiger partial charge in [0.15, 0.2) is 0 Å². The first-order valence-corrected chi connectivity index (χ1v) is 6.82. The maximum atomic E-state index is 12.2. The van der Waals surface area contributed by atoms with E-state index in [0.717, 1.165) is 11.3 Å². The van der Waals surface area contributed by atoms with Gasteiger partial charge in [0, 0.05) is 17.3 Å². The van der Waals surface area contributed by atoms with Crippen molar-refractivity contribution in [3.63, 3.8) is 0 Å². The molecule has 2 heterocycles. The quantitative estimate of drug-likeness (QED) is 0.569. The Morgan fingerprint density at radius 2 is 2.00 bits per heavy atom. The molecule has 1 aromatic heterocycles. The number of hydrogen-bond donors (Lipinski definition) is 1. The number of pyridine rings is 1. The Morgan fingerprint density at radius 3 is 2.57 bits per heavy atom. The Labute approximate surface area is 131 Å². The normalized spacial score (nSPS) is 14.3. The summed E-state index contributed by atoms with van der Waals surface area (Å²) in [6.07, 6.45) is 3.36. The van der Waals surface area contributed by atoms with Crippen molar-refractivity contribution in [2.24, 2.45) is 0 Å². The molecule has 3 nitrogen and oxygen atoms in total. The lowest BCUT2D eigenvalue weighted by Crippen LogP contribution is -2.03. The molecule has 1 N–H and O–H groups in total. The molecular weight excluding hydrogens is 314 g/mol. The molecule has 0 fully saturated rings. The van der Waals surface area contributed by atoms with E-state index in [0.29, 0.717) is 10.7 Å². The fourth-order valence-electron chi connectivity index (χ4n) is 1.79. The fourth-order valence-corrected chi connectivity index (χ4v) is 2.08. The van der Waals surface area contributed by atoms with Crippen molar-refractivity contribution in [2.75, 3.05) is 5.32 Å². The van der Waals surface area contributed by atoms with Gasteiger partial charge in [0.25, 0.3) is 5.91 Å². The van der Waals surface area contributed by atoms with Crippen molar-refractivity contribution in [2.45, 2.75) is 6.92 Å². The maximum absolute atomic E-state index is 12.2. The Morgan fingerprint density at radius 1 is 1.29 bits per heavy atom. The number of anilines is 1. The summed E-state index contributed by atoms with van der Waals surface area (Å²) >= 11 is 11.0. The van der Waals surface area contributed by atoms with Crippen molar-refractivity contribution in [3.05, 3.63) is 64.2 Å². The largest absolute Gasteiger partial charge is 0.321 e. The highest BCUT2D eigenvalue weighted by molar-refractivity contribution is 6.33. The van der Waals surface area contributed by atoms with E-state index in [1.807, 2.05) is 6.92 Å². The average molecular weight is 325 g/mol. The van der Waals surface area contributed by atoms with E-state index in [1.165, 1.54) is 12.1 Å². The van der Waals surface area contributed by atoms with Crippen LogP contribution >= 0.6 is 23.2 Å². The van der Waals surface area contributed by atoms with Gasteiger partial charge in [0.1, 0.15) is 11.0 Å². The molecule has 1 aliphatic heterocycles. The van der Waals surface area contributed by atoms with Crippen LogP contribution < -0.4 is 5.32 Å². The maximum Gasteiger partial charge on any atom is 0.256 e. The first-order valence-electron chi connectivity index (χ1n) is 6.06. The number of halogens is 3. The number of rotatable bonds is 0. The van der Waals surface area contributed by atoms with Crippen LogP contribution in [0.5, 0.6) is 0 Å². The van der Waals surface area contributed by atoms with E-state index in [2.05, 4.69) is 10.3 Å². The summed E-state index contributed by atoms with van der Waals surface area (Å²) < 4.78 is 12.2. The van der Waals surface area contributed by atoms with Gasteiger partial charge in [-0.25, -0.2) is 9.37 Å². The van der Waals surface area contributed by atoms with Gasteiger partial charge >= 0.3 is 0 Å². The van der Waals surface area contributed by atoms with Gasteiger partial charge in [-0.2, -0.15) is 0 Å². The van der Waals surface area contributed by atoms with Crippen LogP contribution in [0.4, 0.5) is 10.1 Å². The number of benzene rings is 1. The third-order valence-corrected chi connectivity index (χ3v) is 3.28. The molecule has 0 saturated carbocycles. The van der Waals surface area contributed by atoms with Crippen molar-refractivity contribution < 1.29 is 9.18 Å². The molecule has 1 aliphatic rings. The Hall–Kier alpha value is -1.91. The molecule has 0 radical (unpaired) electrons. The van der Waals surface area contributed by atoms with Gasteiger partial charge in [0.05, 0.1) is 10.7 Å². The fraction of sp³-hybridized carbons (Fsp3) is 0.0667. The first kappa shape index (κ1) is 15.5. The lowest BCUT2D eigenvalue weighted by atomic mass is 10.1. The number of hydrogen-bond acceptors (Lipinski definition) is 2. The molecule has 0 atom stereocenters. The second kappa shape index (κ2) is 6.70. The summed E-state index contributed by atoms with van der Waals surface area (Å²) in [6.45, 7) is 1.82. The number of fused-ring (bicyclic) bond motifs is 1. The third-order valence-electron chi connectivity index (χ3n) is 2.77. The minimum atomic E-state index is -0.367. The summed E-state index contributed by atoms with van der Waals surface area (Å²) in [5.74, 6) is -0.462. The summed E-state index contributed by atoms with van der Waals surface area (Å²) in [5.41, 5.74) is 2.20. The van der Waals surface area contributed by atoms with Gasteiger partial charge in [-0.3, -0.25) is 4.79 Å². The number of nitrogens with one attached hydrogen (secondary N) is 1. The summed E-state index contributed by atoms with van der Waals surface area (Å²) in [7, 11) is 0. The number of carbonyl (C=O) groups excluding carboxylic acids is 1. The van der Waals surface area contributed by atoms with Crippen molar-refractivity contribution in [1.29, 1.82) is 0 Å². The molecule has 1 aromatic carbocycles. The van der Waals surface area contributed by atoms with Crippen LogP contribution in [-0.4, -0.2) is 10.9 Å². The van der Waals surface area contributed by atoms with Crippen LogP contribution in [0.1, 0.15) is 12.5 Å². The molecule has 1 amide bonds. The second-order valence-electron chi connectivity index (χ2n) is 4.12. The second-order valence-corrected chi connectivity index (χ2v) is 4.92. The van der Waals surface area contributed by atoms with E-state index in [-0.39, 0.29) is 16.7 Å². The summed E-state index contributed by atoms with van der Waals surface area (Å²) in [6, 6.07) is 7.76. The molecular formula is C15H11Cl2FN2O. The minimum Gasteiger partial charge on any atom is -0.321 e. The third kappa shape index (κ3) is 3.60. The Kier molecular flexibility index (Phi) is 4.94. The molecule has 2 aromatic rings. The van der Waals surface area contributed by atoms with E-state index < -0.39 is 0 Å². The number of amides is 1. The molecule has 0 spiro atoms. The molecule has 21 heavy (non-hydrogen) atoms.